The summed E-state index contributed by atoms with van der Waals surface area (Å²) in [4.78, 5) is 4.42. The highest BCUT2D eigenvalue weighted by molar-refractivity contribution is 7.93. The first-order chi connectivity index (χ1) is 18.5. The lowest BCUT2D eigenvalue weighted by Crippen LogP contribution is -2.44. The predicted molar refractivity (Wildman–Crippen MR) is 169 cm³/mol. The van der Waals surface area contributed by atoms with Gasteiger partial charge < -0.3 is 4.43 Å². The van der Waals surface area contributed by atoms with E-state index in [9.17, 15) is 8.42 Å². The molecule has 0 bridgehead atoms. The summed E-state index contributed by atoms with van der Waals surface area (Å²) in [5, 5.41) is 0. The van der Waals surface area contributed by atoms with Crippen LogP contribution < -0.4 is 0 Å². The Labute approximate surface area is 243 Å². The maximum Gasteiger partial charge on any atom is 0.210 e. The smallest absolute Gasteiger partial charge is 0.210 e. The van der Waals surface area contributed by atoms with Gasteiger partial charge in [0, 0.05) is 0 Å². The predicted octanol–water partition coefficient (Wildman–Crippen LogP) is 9.43. The second-order valence-corrected chi connectivity index (χ2v) is 20.8. The van der Waals surface area contributed by atoms with Gasteiger partial charge in [-0.15, -0.1) is 11.3 Å². The molecular formula is C32H51NO3S2Si. The van der Waals surface area contributed by atoms with Crippen LogP contribution in [-0.4, -0.2) is 33.1 Å². The highest BCUT2D eigenvalue weighted by Crippen LogP contribution is 2.51. The molecule has 7 heteroatoms. The van der Waals surface area contributed by atoms with Crippen LogP contribution in [0.2, 0.25) is 18.1 Å². The van der Waals surface area contributed by atoms with Crippen LogP contribution in [0.3, 0.4) is 0 Å². The molecule has 2 saturated carbocycles. The Hall–Kier alpha value is -1.02. The Balaban J connectivity index is 1.33. The molecule has 4 rings (SSSR count). The molecule has 0 radical (unpaired) electrons. The Bertz CT molecular complexity index is 1190. The lowest BCUT2D eigenvalue weighted by atomic mass is 9.71. The molecule has 2 fully saturated rings. The lowest BCUT2D eigenvalue weighted by molar-refractivity contribution is 0.0794. The molecule has 0 saturated heterocycles. The van der Waals surface area contributed by atoms with Crippen LogP contribution in [0.4, 0.5) is 0 Å². The lowest BCUT2D eigenvalue weighted by Gasteiger charge is -2.39. The molecular weight excluding hydrogens is 539 g/mol. The Kier molecular flexibility index (Phi) is 10.2. The van der Waals surface area contributed by atoms with Crippen molar-refractivity contribution >= 4 is 39.7 Å². The molecule has 4 nitrogen and oxygen atoms in total. The largest absolute Gasteiger partial charge is 0.412 e. The number of nitrogens with zero attached hydrogens (tertiary/aromatic N) is 1. The van der Waals surface area contributed by atoms with Crippen molar-refractivity contribution in [3.05, 3.63) is 35.9 Å². The number of hydrogen-bond acceptors (Lipinski definition) is 5. The fraction of sp³-hybridized carbons (Fsp3) is 0.719. The SMILES string of the molecule is CC[Si](CC)(CC)OC(C)(C)CCCC(C)[C@@H]1CC[C@H]2/C(=C/CS(=O)(=O)c3nc4ccccc4s3)CCC[C@@H]21. The Morgan fingerprint density at radius 1 is 1.13 bits per heavy atom. The van der Waals surface area contributed by atoms with E-state index in [1.165, 1.54) is 73.6 Å². The molecule has 2 aliphatic rings. The summed E-state index contributed by atoms with van der Waals surface area (Å²) in [6, 6.07) is 11.3. The quantitative estimate of drug-likeness (QED) is 0.172. The van der Waals surface area contributed by atoms with Gasteiger partial charge in [0.05, 0.1) is 21.6 Å². The summed E-state index contributed by atoms with van der Waals surface area (Å²) >= 11 is 1.30. The maximum atomic E-state index is 13.1. The minimum absolute atomic E-state index is 0.0261. The zero-order chi connectivity index (χ0) is 28.3. The fourth-order valence-electron chi connectivity index (χ4n) is 7.60. The molecule has 39 heavy (non-hydrogen) atoms. The van der Waals surface area contributed by atoms with Crippen LogP contribution in [0, 0.1) is 23.7 Å². The molecule has 0 N–H and O–H groups in total. The van der Waals surface area contributed by atoms with Gasteiger partial charge in [-0.1, -0.05) is 64.3 Å². The highest BCUT2D eigenvalue weighted by atomic mass is 32.2. The van der Waals surface area contributed by atoms with E-state index in [0.29, 0.717) is 11.8 Å². The number of para-hydroxylation sites is 1. The van der Waals surface area contributed by atoms with E-state index in [-0.39, 0.29) is 15.7 Å². The first-order valence-corrected chi connectivity index (χ1v) is 20.5. The molecule has 4 atom stereocenters. The van der Waals surface area contributed by atoms with Gasteiger partial charge in [-0.25, -0.2) is 13.4 Å². The topological polar surface area (TPSA) is 56.3 Å². The summed E-state index contributed by atoms with van der Waals surface area (Å²) in [5.74, 6) is 2.85. The number of allylic oxidation sites excluding steroid dienone is 1. The first-order valence-electron chi connectivity index (χ1n) is 15.5. The zero-order valence-electron chi connectivity index (χ0n) is 25.2. The van der Waals surface area contributed by atoms with Gasteiger partial charge >= 0.3 is 0 Å². The third kappa shape index (κ3) is 7.25. The first kappa shape index (κ1) is 30.9. The average molecular weight is 590 g/mol. The van der Waals surface area contributed by atoms with Crippen molar-refractivity contribution < 1.29 is 12.8 Å². The molecule has 2 aliphatic carbocycles. The van der Waals surface area contributed by atoms with Crippen molar-refractivity contribution in [2.45, 2.75) is 121 Å². The van der Waals surface area contributed by atoms with E-state index < -0.39 is 18.2 Å². The molecule has 2 aromatic rings. The van der Waals surface area contributed by atoms with E-state index in [1.54, 1.807) is 0 Å². The Morgan fingerprint density at radius 3 is 2.54 bits per heavy atom. The van der Waals surface area contributed by atoms with Crippen LogP contribution in [0.25, 0.3) is 10.2 Å². The number of sulfone groups is 1. The molecule has 0 amide bonds. The molecule has 1 aromatic heterocycles. The molecule has 1 heterocycles. The summed E-state index contributed by atoms with van der Waals surface area (Å²) < 4.78 is 34.4. The van der Waals surface area contributed by atoms with Crippen LogP contribution in [-0.2, 0) is 14.3 Å². The average Bonchev–Trinajstić information content (AvgIpc) is 3.56. The van der Waals surface area contributed by atoms with Gasteiger partial charge in [0.1, 0.15) is 0 Å². The van der Waals surface area contributed by atoms with Crippen molar-refractivity contribution in [1.29, 1.82) is 0 Å². The van der Waals surface area contributed by atoms with E-state index in [1.807, 2.05) is 24.3 Å². The molecule has 0 aliphatic heterocycles. The van der Waals surface area contributed by atoms with Crippen LogP contribution in [0.1, 0.15) is 92.9 Å². The van der Waals surface area contributed by atoms with Crippen molar-refractivity contribution in [3.63, 3.8) is 0 Å². The van der Waals surface area contributed by atoms with Crippen molar-refractivity contribution in [1.82, 2.24) is 4.98 Å². The van der Waals surface area contributed by atoms with Crippen LogP contribution in [0.5, 0.6) is 0 Å². The minimum Gasteiger partial charge on any atom is -0.412 e. The summed E-state index contributed by atoms with van der Waals surface area (Å²) in [7, 11) is -4.99. The van der Waals surface area contributed by atoms with Crippen molar-refractivity contribution in [3.8, 4) is 0 Å². The number of thiazole rings is 1. The summed E-state index contributed by atoms with van der Waals surface area (Å²) in [6.07, 6.45) is 11.8. The highest BCUT2D eigenvalue weighted by Gasteiger charge is 2.42. The van der Waals surface area contributed by atoms with E-state index in [2.05, 4.69) is 52.6 Å². The monoisotopic (exact) mass is 589 g/mol. The summed E-state index contributed by atoms with van der Waals surface area (Å²) in [5.41, 5.74) is 2.15. The van der Waals surface area contributed by atoms with Gasteiger partial charge in [0.25, 0.3) is 0 Å². The van der Waals surface area contributed by atoms with E-state index in [4.69, 9.17) is 4.43 Å². The molecule has 0 spiro atoms. The van der Waals surface area contributed by atoms with Gasteiger partial charge in [-0.2, -0.15) is 0 Å². The van der Waals surface area contributed by atoms with Crippen molar-refractivity contribution in [2.24, 2.45) is 23.7 Å². The number of benzene rings is 1. The van der Waals surface area contributed by atoms with Crippen molar-refractivity contribution in [2.75, 3.05) is 5.75 Å². The van der Waals surface area contributed by atoms with E-state index >= 15 is 0 Å². The fourth-order valence-corrected chi connectivity index (χ4v) is 13.3. The molecule has 218 valence electrons. The molecule has 1 unspecified atom stereocenters. The second-order valence-electron chi connectivity index (χ2n) is 12.9. The second kappa shape index (κ2) is 12.9. The van der Waals surface area contributed by atoms with Gasteiger partial charge in [0.15, 0.2) is 8.32 Å². The minimum atomic E-state index is -3.40. The third-order valence-corrected chi connectivity index (χ3v) is 18.0. The summed E-state index contributed by atoms with van der Waals surface area (Å²) in [6.45, 7) is 14.0. The van der Waals surface area contributed by atoms with Gasteiger partial charge in [-0.05, 0) is 106 Å². The third-order valence-electron chi connectivity index (χ3n) is 10.1. The number of fused-ring (bicyclic) bond motifs is 2. The van der Waals surface area contributed by atoms with Gasteiger partial charge in [0.2, 0.25) is 14.2 Å². The Morgan fingerprint density at radius 2 is 1.85 bits per heavy atom. The zero-order valence-corrected chi connectivity index (χ0v) is 27.8. The van der Waals surface area contributed by atoms with E-state index in [0.717, 1.165) is 34.9 Å². The maximum absolute atomic E-state index is 13.1. The number of hydrogen-bond donors (Lipinski definition) is 0. The van der Waals surface area contributed by atoms with Crippen LogP contribution in [0.15, 0.2) is 40.3 Å². The number of aromatic nitrogens is 1. The molecule has 1 aromatic carbocycles. The normalized spacial score (nSPS) is 24.4. The van der Waals surface area contributed by atoms with Gasteiger partial charge in [-0.3, -0.25) is 0 Å². The van der Waals surface area contributed by atoms with Crippen LogP contribution >= 0.6 is 11.3 Å². The standard InChI is InChI=1S/C32H51NO3S2Si/c1-7-39(8-2,9-3)36-32(5,6)22-13-14-24(4)26-19-20-27-25(15-12-16-28(26)27)21-23-38(34,35)31-33-29-17-10-11-18-30(29)37-31/h10-11,17-18,21,24,26-28H,7-9,12-16,19-20,22-23H2,1-6H3/b25-21+/t24?,26-,27-,28+/m0/s1. The number of rotatable bonds is 13.